The number of fused-ring (bicyclic) bond motifs is 3. The molecule has 0 bridgehead atoms. The van der Waals surface area contributed by atoms with Gasteiger partial charge in [-0.15, -0.1) is 0 Å². The molecule has 4 nitrogen and oxygen atoms in total. The third kappa shape index (κ3) is 1.97. The van der Waals surface area contributed by atoms with Gasteiger partial charge in [0.15, 0.2) is 0 Å². The first-order valence-electron chi connectivity index (χ1n) is 8.09. The van der Waals surface area contributed by atoms with Gasteiger partial charge in [-0.1, -0.05) is 11.6 Å². The Bertz CT molecular complexity index is 761. The van der Waals surface area contributed by atoms with Crippen molar-refractivity contribution in [1.82, 2.24) is 14.4 Å². The number of aryl methyl sites for hydroxylation is 1. The Morgan fingerprint density at radius 1 is 1.23 bits per heavy atom. The zero-order valence-electron chi connectivity index (χ0n) is 13.6. The highest BCUT2D eigenvalue weighted by atomic mass is 16.2. The number of carbonyl (C=O) groups is 1. The van der Waals surface area contributed by atoms with Crippen molar-refractivity contribution in [2.24, 2.45) is 0 Å². The van der Waals surface area contributed by atoms with E-state index < -0.39 is 0 Å². The zero-order chi connectivity index (χ0) is 15.4. The van der Waals surface area contributed by atoms with E-state index in [9.17, 15) is 4.79 Å². The van der Waals surface area contributed by atoms with Crippen molar-refractivity contribution in [1.29, 1.82) is 0 Å². The van der Waals surface area contributed by atoms with E-state index in [1.165, 1.54) is 27.7 Å². The van der Waals surface area contributed by atoms with Gasteiger partial charge in [-0.05, 0) is 38.1 Å². The molecular weight excluding hydrogens is 274 g/mol. The monoisotopic (exact) mass is 297 g/mol. The first kappa shape index (κ1) is 13.8. The minimum absolute atomic E-state index is 0.261. The summed E-state index contributed by atoms with van der Waals surface area (Å²) < 4.78 is 2.46. The van der Waals surface area contributed by atoms with Crippen LogP contribution in [0.1, 0.15) is 29.3 Å². The first-order valence-corrected chi connectivity index (χ1v) is 8.09. The molecule has 2 aliphatic heterocycles. The summed E-state index contributed by atoms with van der Waals surface area (Å²) in [7, 11) is 4.10. The maximum absolute atomic E-state index is 12.0. The van der Waals surface area contributed by atoms with Gasteiger partial charge in [-0.25, -0.2) is 0 Å². The van der Waals surface area contributed by atoms with Gasteiger partial charge in [0.1, 0.15) is 0 Å². The Kier molecular flexibility index (Phi) is 3.05. The Labute approximate surface area is 131 Å². The highest BCUT2D eigenvalue weighted by Crippen LogP contribution is 2.36. The smallest absolute Gasteiger partial charge is 0.224 e. The van der Waals surface area contributed by atoms with Crippen LogP contribution in [0.2, 0.25) is 0 Å². The van der Waals surface area contributed by atoms with Crippen molar-refractivity contribution < 1.29 is 4.79 Å². The van der Waals surface area contributed by atoms with E-state index in [-0.39, 0.29) is 11.9 Å². The second-order valence-electron chi connectivity index (χ2n) is 6.94. The summed E-state index contributed by atoms with van der Waals surface area (Å²) in [5, 5.41) is 1.39. The lowest BCUT2D eigenvalue weighted by Gasteiger charge is -2.26. The molecule has 2 aliphatic rings. The molecule has 0 spiro atoms. The molecule has 4 rings (SSSR count). The van der Waals surface area contributed by atoms with Crippen LogP contribution in [0.15, 0.2) is 18.2 Å². The van der Waals surface area contributed by atoms with E-state index in [0.29, 0.717) is 6.42 Å². The highest BCUT2D eigenvalue weighted by Gasteiger charge is 2.32. The summed E-state index contributed by atoms with van der Waals surface area (Å²) in [6.45, 7) is 5.08. The van der Waals surface area contributed by atoms with Gasteiger partial charge in [-0.2, -0.15) is 0 Å². The number of rotatable bonds is 1. The lowest BCUT2D eigenvalue weighted by Crippen LogP contribution is -2.29. The third-order valence-corrected chi connectivity index (χ3v) is 5.22. The van der Waals surface area contributed by atoms with Crippen LogP contribution in [0.25, 0.3) is 10.9 Å². The van der Waals surface area contributed by atoms with Gasteiger partial charge < -0.3 is 14.4 Å². The molecule has 0 saturated carbocycles. The molecule has 116 valence electrons. The average Bonchev–Trinajstić information content (AvgIpc) is 2.96. The van der Waals surface area contributed by atoms with Gasteiger partial charge in [0.25, 0.3) is 0 Å². The quantitative estimate of drug-likeness (QED) is 0.808. The average molecular weight is 297 g/mol. The number of aromatic nitrogens is 1. The number of hydrogen-bond donors (Lipinski definition) is 0. The van der Waals surface area contributed by atoms with E-state index in [4.69, 9.17) is 0 Å². The second-order valence-corrected chi connectivity index (χ2v) is 6.94. The number of amides is 1. The molecule has 0 radical (unpaired) electrons. The predicted octanol–water partition coefficient (Wildman–Crippen LogP) is 2.34. The van der Waals surface area contributed by atoms with Crippen LogP contribution in [-0.4, -0.2) is 47.5 Å². The van der Waals surface area contributed by atoms with Crippen molar-refractivity contribution in [2.45, 2.75) is 32.4 Å². The molecule has 1 aromatic carbocycles. The molecule has 22 heavy (non-hydrogen) atoms. The van der Waals surface area contributed by atoms with Gasteiger partial charge in [0.2, 0.25) is 5.91 Å². The van der Waals surface area contributed by atoms with E-state index in [1.807, 2.05) is 11.9 Å². The Balaban J connectivity index is 1.93. The molecule has 1 aromatic heterocycles. The summed E-state index contributed by atoms with van der Waals surface area (Å²) in [5.74, 6) is 0.261. The molecule has 1 fully saturated rings. The summed E-state index contributed by atoms with van der Waals surface area (Å²) in [6.07, 6.45) is 1.74. The minimum atomic E-state index is 0.261. The van der Waals surface area contributed by atoms with Gasteiger partial charge in [0, 0.05) is 49.7 Å². The number of likely N-dealkylation sites (tertiary alicyclic amines) is 1. The SMILES string of the molecule is Cc1ccc2c(c1)c1c(n2C2CC(=O)N(C)C2)CN(C)CC1. The van der Waals surface area contributed by atoms with E-state index in [2.05, 4.69) is 41.6 Å². The molecule has 0 aliphatic carbocycles. The lowest BCUT2D eigenvalue weighted by molar-refractivity contribution is -0.126. The zero-order valence-corrected chi connectivity index (χ0v) is 13.6. The number of likely N-dealkylation sites (N-methyl/N-ethyl adjacent to an activating group) is 2. The van der Waals surface area contributed by atoms with E-state index in [0.717, 1.165) is 26.1 Å². The fraction of sp³-hybridized carbons (Fsp3) is 0.500. The molecule has 1 atom stereocenters. The molecule has 1 unspecified atom stereocenters. The van der Waals surface area contributed by atoms with Crippen LogP contribution in [-0.2, 0) is 17.8 Å². The first-order chi connectivity index (χ1) is 10.5. The van der Waals surface area contributed by atoms with Crippen molar-refractivity contribution in [3.05, 3.63) is 35.0 Å². The van der Waals surface area contributed by atoms with Crippen LogP contribution in [0.5, 0.6) is 0 Å². The fourth-order valence-electron chi connectivity index (χ4n) is 4.07. The van der Waals surface area contributed by atoms with Crippen LogP contribution in [0.4, 0.5) is 0 Å². The van der Waals surface area contributed by atoms with Crippen LogP contribution in [0.3, 0.4) is 0 Å². The van der Waals surface area contributed by atoms with Crippen LogP contribution >= 0.6 is 0 Å². The van der Waals surface area contributed by atoms with Crippen LogP contribution in [0, 0.1) is 6.92 Å². The third-order valence-electron chi connectivity index (χ3n) is 5.22. The number of hydrogen-bond acceptors (Lipinski definition) is 2. The molecule has 1 amide bonds. The van der Waals surface area contributed by atoms with E-state index >= 15 is 0 Å². The van der Waals surface area contributed by atoms with E-state index in [1.54, 1.807) is 0 Å². The molecule has 3 heterocycles. The van der Waals surface area contributed by atoms with Gasteiger partial charge in [0.05, 0.1) is 6.04 Å². The minimum Gasteiger partial charge on any atom is -0.344 e. The summed E-state index contributed by atoms with van der Waals surface area (Å²) in [4.78, 5) is 16.2. The lowest BCUT2D eigenvalue weighted by atomic mass is 10.0. The van der Waals surface area contributed by atoms with Crippen molar-refractivity contribution in [3.8, 4) is 0 Å². The molecule has 1 saturated heterocycles. The summed E-state index contributed by atoms with van der Waals surface area (Å²) in [5.41, 5.74) is 5.53. The number of nitrogens with zero attached hydrogens (tertiary/aromatic N) is 3. The van der Waals surface area contributed by atoms with Gasteiger partial charge >= 0.3 is 0 Å². The normalized spacial score (nSPS) is 22.6. The predicted molar refractivity (Wildman–Crippen MR) is 88.0 cm³/mol. The molecule has 2 aromatic rings. The molecular formula is C18H23N3O. The van der Waals surface area contributed by atoms with Crippen molar-refractivity contribution in [2.75, 3.05) is 27.2 Å². The molecule has 4 heteroatoms. The highest BCUT2D eigenvalue weighted by molar-refractivity contribution is 5.87. The Hall–Kier alpha value is -1.81. The summed E-state index contributed by atoms with van der Waals surface area (Å²) in [6, 6.07) is 7.02. The Morgan fingerprint density at radius 2 is 2.05 bits per heavy atom. The fourth-order valence-corrected chi connectivity index (χ4v) is 4.07. The van der Waals surface area contributed by atoms with Crippen molar-refractivity contribution >= 4 is 16.8 Å². The molecule has 0 N–H and O–H groups in total. The van der Waals surface area contributed by atoms with Crippen LogP contribution < -0.4 is 0 Å². The Morgan fingerprint density at radius 3 is 2.77 bits per heavy atom. The summed E-state index contributed by atoms with van der Waals surface area (Å²) >= 11 is 0. The largest absolute Gasteiger partial charge is 0.344 e. The maximum atomic E-state index is 12.0. The van der Waals surface area contributed by atoms with Crippen molar-refractivity contribution in [3.63, 3.8) is 0 Å². The number of carbonyl (C=O) groups excluding carboxylic acids is 1. The maximum Gasteiger partial charge on any atom is 0.224 e. The van der Waals surface area contributed by atoms with Gasteiger partial charge in [-0.3, -0.25) is 4.79 Å². The standard InChI is InChI=1S/C18H23N3O/c1-12-4-5-16-15(8-12)14-6-7-19(2)11-17(14)21(16)13-9-18(22)20(3)10-13/h4-5,8,13H,6-7,9-11H2,1-3H3. The number of benzene rings is 1. The topological polar surface area (TPSA) is 28.5 Å². The second kappa shape index (κ2) is 4.85.